The van der Waals surface area contributed by atoms with Gasteiger partial charge in [-0.05, 0) is 22.7 Å². The molecule has 0 aliphatic rings. The van der Waals surface area contributed by atoms with Crippen LogP contribution in [0.3, 0.4) is 0 Å². The number of halogens is 1. The summed E-state index contributed by atoms with van der Waals surface area (Å²) in [6.45, 7) is 7.00. The molecule has 5 heteroatoms. The number of nitrogens with zero attached hydrogens (tertiary/aromatic N) is 3. The molecule has 0 saturated heterocycles. The van der Waals surface area contributed by atoms with Crippen LogP contribution in [0.25, 0.3) is 33.9 Å². The Kier molecular flexibility index (Phi) is 5.31. The zero-order chi connectivity index (χ0) is 20.4. The van der Waals surface area contributed by atoms with Gasteiger partial charge < -0.3 is 0 Å². The predicted molar refractivity (Wildman–Crippen MR) is 124 cm³/mol. The molecule has 0 bridgehead atoms. The summed E-state index contributed by atoms with van der Waals surface area (Å²) in [5.41, 5.74) is 4.18. The molecule has 0 radical (unpaired) electrons. The van der Waals surface area contributed by atoms with Crippen LogP contribution in [0.2, 0.25) is 24.9 Å². The van der Waals surface area contributed by atoms with Crippen LogP contribution in [-0.2, 0) is 0 Å². The van der Waals surface area contributed by atoms with Gasteiger partial charge in [-0.25, -0.2) is 4.98 Å². The molecule has 0 atom stereocenters. The largest absolute Gasteiger partial charge is 0.226 e. The van der Waals surface area contributed by atoms with Crippen molar-refractivity contribution in [1.29, 1.82) is 0 Å². The maximum Gasteiger partial charge on any atom is 0.226 e. The van der Waals surface area contributed by atoms with Crippen molar-refractivity contribution in [3.05, 3.63) is 84.1 Å². The van der Waals surface area contributed by atoms with Crippen molar-refractivity contribution in [3.63, 3.8) is 0 Å². The van der Waals surface area contributed by atoms with Gasteiger partial charge in [-0.2, -0.15) is 9.97 Å². The Hall–Kier alpha value is -2.82. The van der Waals surface area contributed by atoms with Gasteiger partial charge in [0.05, 0.1) is 8.07 Å². The van der Waals surface area contributed by atoms with E-state index in [1.165, 1.54) is 10.8 Å². The Labute approximate surface area is 177 Å². The van der Waals surface area contributed by atoms with Gasteiger partial charge >= 0.3 is 0 Å². The van der Waals surface area contributed by atoms with Gasteiger partial charge in [0.1, 0.15) is 0 Å². The van der Waals surface area contributed by atoms with E-state index >= 15 is 0 Å². The second kappa shape index (κ2) is 7.89. The quantitative estimate of drug-likeness (QED) is 0.379. The molecular weight excluding hydrogens is 394 g/mol. The van der Waals surface area contributed by atoms with Crippen molar-refractivity contribution in [3.8, 4) is 33.9 Å². The standard InChI is InChI=1S/C24H22ClN3Si/c1-29(2,3)21-15-13-20(14-16-21)23-26-22(27-24(25)28-23)19-11-9-18(10-12-19)17-7-5-4-6-8-17/h4-16H,1-3H3. The van der Waals surface area contributed by atoms with Gasteiger partial charge in [0, 0.05) is 11.1 Å². The fourth-order valence-corrected chi connectivity index (χ4v) is 4.50. The smallest absolute Gasteiger partial charge is 0.208 e. The first-order chi connectivity index (χ1) is 13.9. The van der Waals surface area contributed by atoms with E-state index < -0.39 is 8.07 Å². The fraction of sp³-hybridized carbons (Fsp3) is 0.125. The van der Waals surface area contributed by atoms with E-state index in [9.17, 15) is 0 Å². The molecule has 0 aliphatic heterocycles. The van der Waals surface area contributed by atoms with E-state index in [2.05, 4.69) is 83.1 Å². The van der Waals surface area contributed by atoms with Crippen molar-refractivity contribution in [2.45, 2.75) is 19.6 Å². The third-order valence-corrected chi connectivity index (χ3v) is 7.10. The van der Waals surface area contributed by atoms with Crippen LogP contribution in [0.15, 0.2) is 78.9 Å². The van der Waals surface area contributed by atoms with Gasteiger partial charge in [-0.15, -0.1) is 0 Å². The second-order valence-electron chi connectivity index (χ2n) is 8.02. The van der Waals surface area contributed by atoms with E-state index in [1.807, 2.05) is 30.3 Å². The third kappa shape index (κ3) is 4.44. The van der Waals surface area contributed by atoms with Crippen LogP contribution >= 0.6 is 11.6 Å². The van der Waals surface area contributed by atoms with Crippen molar-refractivity contribution in [2.75, 3.05) is 0 Å². The Morgan fingerprint density at radius 3 is 1.52 bits per heavy atom. The summed E-state index contributed by atoms with van der Waals surface area (Å²) in [4.78, 5) is 13.4. The van der Waals surface area contributed by atoms with E-state index in [1.54, 1.807) is 0 Å². The Morgan fingerprint density at radius 1 is 0.552 bits per heavy atom. The van der Waals surface area contributed by atoms with Crippen LogP contribution < -0.4 is 5.19 Å². The van der Waals surface area contributed by atoms with Crippen molar-refractivity contribution >= 4 is 24.9 Å². The first kappa shape index (κ1) is 19.5. The maximum absolute atomic E-state index is 6.23. The van der Waals surface area contributed by atoms with Crippen molar-refractivity contribution in [2.24, 2.45) is 0 Å². The van der Waals surface area contributed by atoms with E-state index in [0.29, 0.717) is 11.6 Å². The van der Waals surface area contributed by atoms with Crippen LogP contribution in [0.5, 0.6) is 0 Å². The molecule has 0 saturated carbocycles. The minimum atomic E-state index is -1.34. The molecule has 0 N–H and O–H groups in total. The maximum atomic E-state index is 6.23. The molecule has 144 valence electrons. The Balaban J connectivity index is 1.67. The Bertz CT molecular complexity index is 1120. The third-order valence-electron chi connectivity index (χ3n) is 4.87. The minimum absolute atomic E-state index is 0.200. The summed E-state index contributed by atoms with van der Waals surface area (Å²) in [5.74, 6) is 1.17. The molecule has 3 nitrogen and oxygen atoms in total. The molecule has 0 spiro atoms. The molecule has 4 aromatic rings. The summed E-state index contributed by atoms with van der Waals surface area (Å²) >= 11 is 6.23. The van der Waals surface area contributed by atoms with Gasteiger partial charge in [-0.3, -0.25) is 0 Å². The minimum Gasteiger partial charge on any atom is -0.208 e. The normalized spacial score (nSPS) is 11.4. The average Bonchev–Trinajstić information content (AvgIpc) is 2.73. The van der Waals surface area contributed by atoms with E-state index in [0.717, 1.165) is 16.7 Å². The molecule has 0 unspecified atom stereocenters. The lowest BCUT2D eigenvalue weighted by Crippen LogP contribution is -2.37. The molecule has 4 rings (SSSR count). The van der Waals surface area contributed by atoms with Crippen molar-refractivity contribution in [1.82, 2.24) is 15.0 Å². The summed E-state index contributed by atoms with van der Waals surface area (Å²) in [7, 11) is -1.34. The molecule has 29 heavy (non-hydrogen) atoms. The lowest BCUT2D eigenvalue weighted by Gasteiger charge is -2.16. The first-order valence-corrected chi connectivity index (χ1v) is 13.5. The van der Waals surface area contributed by atoms with Crippen LogP contribution in [0.4, 0.5) is 0 Å². The topological polar surface area (TPSA) is 38.7 Å². The summed E-state index contributed by atoms with van der Waals surface area (Å²) in [6.07, 6.45) is 0. The number of benzene rings is 3. The SMILES string of the molecule is C[Si](C)(C)c1ccc(-c2nc(Cl)nc(-c3ccc(-c4ccccc4)cc3)n2)cc1. The highest BCUT2D eigenvalue weighted by Crippen LogP contribution is 2.25. The number of rotatable bonds is 4. The predicted octanol–water partition coefficient (Wildman–Crippen LogP) is 6.07. The van der Waals surface area contributed by atoms with Crippen molar-refractivity contribution < 1.29 is 0 Å². The highest BCUT2D eigenvalue weighted by molar-refractivity contribution is 6.88. The van der Waals surface area contributed by atoms with Gasteiger partial charge in [0.15, 0.2) is 11.6 Å². The van der Waals surface area contributed by atoms with Crippen LogP contribution in [-0.4, -0.2) is 23.0 Å². The zero-order valence-corrected chi connectivity index (χ0v) is 18.5. The summed E-state index contributed by atoms with van der Waals surface area (Å²) in [5, 5.41) is 1.60. The first-order valence-electron chi connectivity index (χ1n) is 9.58. The van der Waals surface area contributed by atoms with Gasteiger partial charge in [0.25, 0.3) is 0 Å². The second-order valence-corrected chi connectivity index (χ2v) is 13.4. The van der Waals surface area contributed by atoms with Crippen LogP contribution in [0, 0.1) is 0 Å². The van der Waals surface area contributed by atoms with Gasteiger partial charge in [-0.1, -0.05) is 104 Å². The average molecular weight is 416 g/mol. The number of hydrogen-bond donors (Lipinski definition) is 0. The molecular formula is C24H22ClN3Si. The van der Waals surface area contributed by atoms with Crippen LogP contribution in [0.1, 0.15) is 0 Å². The zero-order valence-electron chi connectivity index (χ0n) is 16.7. The molecule has 3 aromatic carbocycles. The lowest BCUT2D eigenvalue weighted by molar-refractivity contribution is 1.07. The highest BCUT2D eigenvalue weighted by Gasteiger charge is 2.16. The molecule has 0 fully saturated rings. The van der Waals surface area contributed by atoms with E-state index in [-0.39, 0.29) is 5.28 Å². The summed E-state index contributed by atoms with van der Waals surface area (Å²) in [6, 6.07) is 27.0. The number of hydrogen-bond acceptors (Lipinski definition) is 3. The molecule has 1 aromatic heterocycles. The van der Waals surface area contributed by atoms with Gasteiger partial charge in [0.2, 0.25) is 5.28 Å². The Morgan fingerprint density at radius 2 is 1.00 bits per heavy atom. The molecule has 0 amide bonds. The summed E-state index contributed by atoms with van der Waals surface area (Å²) < 4.78 is 0. The fourth-order valence-electron chi connectivity index (χ4n) is 3.17. The monoisotopic (exact) mass is 415 g/mol. The van der Waals surface area contributed by atoms with E-state index in [4.69, 9.17) is 11.6 Å². The lowest BCUT2D eigenvalue weighted by atomic mass is 10.0. The molecule has 0 aliphatic carbocycles. The number of aromatic nitrogens is 3. The molecule has 1 heterocycles. The highest BCUT2D eigenvalue weighted by atomic mass is 35.5.